The number of piperidine rings is 1. The molecule has 1 aromatic heterocycles. The summed E-state index contributed by atoms with van der Waals surface area (Å²) in [4.78, 5) is 13.9. The van der Waals surface area contributed by atoms with Gasteiger partial charge in [0.2, 0.25) is 0 Å². The van der Waals surface area contributed by atoms with Gasteiger partial charge in [-0.25, -0.2) is 4.98 Å². The standard InChI is InChI=1S/C24H36N6/c1-19-9-12-28(16-22(19)29-14-11-26-18-29)23(25-4)27-17-24(2,3)30-13-10-20-7-5-6-8-21(20)15-30/h5-8,11,14,18-19,22H,9-10,12-13,15-17H2,1-4H3,(H,25,27). The number of fused-ring (bicyclic) bond motifs is 1. The molecule has 2 aliphatic heterocycles. The highest BCUT2D eigenvalue weighted by Gasteiger charge is 2.32. The fourth-order valence-electron chi connectivity index (χ4n) is 4.85. The molecule has 0 bridgehead atoms. The van der Waals surface area contributed by atoms with Gasteiger partial charge in [-0.2, -0.15) is 0 Å². The topological polar surface area (TPSA) is 48.7 Å². The average Bonchev–Trinajstić information content (AvgIpc) is 3.29. The van der Waals surface area contributed by atoms with Gasteiger partial charge in [0, 0.05) is 57.7 Å². The van der Waals surface area contributed by atoms with Gasteiger partial charge in [-0.15, -0.1) is 0 Å². The maximum atomic E-state index is 4.62. The number of aliphatic imine (C=N–C) groups is 1. The quantitative estimate of drug-likeness (QED) is 0.624. The molecule has 1 fully saturated rings. The number of hydrogen-bond acceptors (Lipinski definition) is 3. The third-order valence-electron chi connectivity index (χ3n) is 7.00. The SMILES string of the molecule is CN=C(NCC(C)(C)N1CCc2ccccc2C1)N1CCC(C)C(n2ccnc2)C1. The van der Waals surface area contributed by atoms with Crippen LogP contribution >= 0.6 is 0 Å². The van der Waals surface area contributed by atoms with Crippen LogP contribution in [0.5, 0.6) is 0 Å². The fourth-order valence-corrected chi connectivity index (χ4v) is 4.85. The van der Waals surface area contributed by atoms with Gasteiger partial charge in [0.15, 0.2) is 5.96 Å². The molecule has 2 aliphatic rings. The van der Waals surface area contributed by atoms with Crippen molar-refractivity contribution in [1.29, 1.82) is 0 Å². The number of nitrogens with zero attached hydrogens (tertiary/aromatic N) is 5. The summed E-state index contributed by atoms with van der Waals surface area (Å²) in [5, 5.41) is 3.69. The lowest BCUT2D eigenvalue weighted by atomic mass is 9.93. The van der Waals surface area contributed by atoms with E-state index in [2.05, 4.69) is 80.9 Å². The lowest BCUT2D eigenvalue weighted by Gasteiger charge is -2.43. The molecule has 1 N–H and O–H groups in total. The van der Waals surface area contributed by atoms with E-state index in [0.29, 0.717) is 12.0 Å². The average molecular weight is 409 g/mol. The van der Waals surface area contributed by atoms with E-state index in [-0.39, 0.29) is 5.54 Å². The summed E-state index contributed by atoms with van der Waals surface area (Å²) >= 11 is 0. The molecular weight excluding hydrogens is 372 g/mol. The van der Waals surface area contributed by atoms with Crippen LogP contribution in [0.4, 0.5) is 0 Å². The molecule has 162 valence electrons. The normalized spacial score (nSPS) is 23.3. The van der Waals surface area contributed by atoms with Crippen LogP contribution in [0.2, 0.25) is 0 Å². The van der Waals surface area contributed by atoms with Gasteiger partial charge in [-0.1, -0.05) is 31.2 Å². The van der Waals surface area contributed by atoms with Crippen LogP contribution in [0.15, 0.2) is 48.0 Å². The van der Waals surface area contributed by atoms with E-state index in [4.69, 9.17) is 0 Å². The van der Waals surface area contributed by atoms with Gasteiger partial charge in [0.25, 0.3) is 0 Å². The van der Waals surface area contributed by atoms with E-state index in [1.165, 1.54) is 11.1 Å². The van der Waals surface area contributed by atoms with Crippen LogP contribution in [0.25, 0.3) is 0 Å². The van der Waals surface area contributed by atoms with Gasteiger partial charge < -0.3 is 14.8 Å². The Kier molecular flexibility index (Phi) is 6.14. The first-order valence-corrected chi connectivity index (χ1v) is 11.2. The number of likely N-dealkylation sites (tertiary alicyclic amines) is 1. The van der Waals surface area contributed by atoms with E-state index in [9.17, 15) is 0 Å². The summed E-state index contributed by atoms with van der Waals surface area (Å²) in [7, 11) is 1.90. The zero-order chi connectivity index (χ0) is 21.1. The summed E-state index contributed by atoms with van der Waals surface area (Å²) in [6.07, 6.45) is 8.19. The molecule has 3 heterocycles. The lowest BCUT2D eigenvalue weighted by molar-refractivity contribution is 0.105. The molecule has 6 heteroatoms. The molecule has 6 nitrogen and oxygen atoms in total. The van der Waals surface area contributed by atoms with Crippen LogP contribution < -0.4 is 5.32 Å². The Morgan fingerprint density at radius 2 is 2.03 bits per heavy atom. The Labute approximate surface area is 181 Å². The minimum absolute atomic E-state index is 0.0519. The van der Waals surface area contributed by atoms with Gasteiger partial charge in [0.05, 0.1) is 12.4 Å². The fraction of sp³-hybridized carbons (Fsp3) is 0.583. The first-order valence-electron chi connectivity index (χ1n) is 11.2. The zero-order valence-corrected chi connectivity index (χ0v) is 18.9. The summed E-state index contributed by atoms with van der Waals surface area (Å²) in [6.45, 7) is 12.0. The molecular formula is C24H36N6. The van der Waals surface area contributed by atoms with Crippen molar-refractivity contribution in [2.75, 3.05) is 33.2 Å². The van der Waals surface area contributed by atoms with Crippen LogP contribution in [0.3, 0.4) is 0 Å². The predicted octanol–water partition coefficient (Wildman–Crippen LogP) is 3.18. The summed E-state index contributed by atoms with van der Waals surface area (Å²) in [5.41, 5.74) is 3.02. The van der Waals surface area contributed by atoms with Crippen LogP contribution in [0.1, 0.15) is 44.4 Å². The van der Waals surface area contributed by atoms with Crippen LogP contribution in [0, 0.1) is 5.92 Å². The zero-order valence-electron chi connectivity index (χ0n) is 18.9. The van der Waals surface area contributed by atoms with Gasteiger partial charge in [-0.05, 0) is 43.7 Å². The van der Waals surface area contributed by atoms with E-state index in [1.807, 2.05) is 19.6 Å². The van der Waals surface area contributed by atoms with Gasteiger partial charge in [0.1, 0.15) is 0 Å². The van der Waals surface area contributed by atoms with Crippen molar-refractivity contribution in [1.82, 2.24) is 24.7 Å². The molecule has 4 rings (SSSR count). The highest BCUT2D eigenvalue weighted by Crippen LogP contribution is 2.28. The Balaban J connectivity index is 1.38. The number of aromatic nitrogens is 2. The van der Waals surface area contributed by atoms with Crippen molar-refractivity contribution in [3.8, 4) is 0 Å². The molecule has 30 heavy (non-hydrogen) atoms. The number of nitrogens with one attached hydrogen (secondary N) is 1. The minimum atomic E-state index is 0.0519. The number of guanidine groups is 1. The molecule has 0 saturated carbocycles. The number of hydrogen-bond donors (Lipinski definition) is 1. The van der Waals surface area contributed by atoms with Gasteiger partial charge in [-0.3, -0.25) is 9.89 Å². The number of benzene rings is 1. The molecule has 0 radical (unpaired) electrons. The van der Waals surface area contributed by atoms with E-state index < -0.39 is 0 Å². The molecule has 2 atom stereocenters. The lowest BCUT2D eigenvalue weighted by Crippen LogP contribution is -2.56. The van der Waals surface area contributed by atoms with Crippen LogP contribution in [-0.4, -0.2) is 64.1 Å². The van der Waals surface area contributed by atoms with E-state index >= 15 is 0 Å². The third kappa shape index (κ3) is 4.38. The maximum absolute atomic E-state index is 4.62. The Hall–Kier alpha value is -2.34. The van der Waals surface area contributed by atoms with Crippen LogP contribution in [-0.2, 0) is 13.0 Å². The first-order chi connectivity index (χ1) is 14.5. The largest absolute Gasteiger partial charge is 0.354 e. The van der Waals surface area contributed by atoms with Crippen molar-refractivity contribution >= 4 is 5.96 Å². The van der Waals surface area contributed by atoms with Crippen molar-refractivity contribution in [3.05, 3.63) is 54.1 Å². The smallest absolute Gasteiger partial charge is 0.193 e. The second kappa shape index (κ2) is 8.80. The molecule has 0 aliphatic carbocycles. The summed E-state index contributed by atoms with van der Waals surface area (Å²) < 4.78 is 2.25. The second-order valence-corrected chi connectivity index (χ2v) is 9.44. The molecule has 1 saturated heterocycles. The Bertz CT molecular complexity index is 856. The minimum Gasteiger partial charge on any atom is -0.354 e. The van der Waals surface area contributed by atoms with Gasteiger partial charge >= 0.3 is 0 Å². The molecule has 2 aromatic rings. The number of imidazole rings is 1. The molecule has 0 spiro atoms. The van der Waals surface area contributed by atoms with Crippen molar-refractivity contribution in [2.24, 2.45) is 10.9 Å². The third-order valence-corrected chi connectivity index (χ3v) is 7.00. The summed E-state index contributed by atoms with van der Waals surface area (Å²) in [6, 6.07) is 9.29. The number of rotatable bonds is 4. The second-order valence-electron chi connectivity index (χ2n) is 9.44. The molecule has 1 aromatic carbocycles. The van der Waals surface area contributed by atoms with Crippen molar-refractivity contribution in [3.63, 3.8) is 0 Å². The highest BCUT2D eigenvalue weighted by molar-refractivity contribution is 5.80. The Morgan fingerprint density at radius 1 is 1.23 bits per heavy atom. The highest BCUT2D eigenvalue weighted by atomic mass is 15.3. The first kappa shape index (κ1) is 20.9. The van der Waals surface area contributed by atoms with E-state index in [0.717, 1.165) is 51.5 Å². The Morgan fingerprint density at radius 3 is 2.77 bits per heavy atom. The van der Waals surface area contributed by atoms with Crippen molar-refractivity contribution in [2.45, 2.75) is 51.7 Å². The maximum Gasteiger partial charge on any atom is 0.193 e. The van der Waals surface area contributed by atoms with Crippen molar-refractivity contribution < 1.29 is 0 Å². The predicted molar refractivity (Wildman–Crippen MR) is 123 cm³/mol. The summed E-state index contributed by atoms with van der Waals surface area (Å²) in [5.74, 6) is 1.65. The van der Waals surface area contributed by atoms with E-state index in [1.54, 1.807) is 0 Å². The monoisotopic (exact) mass is 408 g/mol. The molecule has 0 amide bonds. The molecule has 2 unspecified atom stereocenters.